The van der Waals surface area contributed by atoms with Crippen LogP contribution >= 0.6 is 0 Å². The first kappa shape index (κ1) is 13.1. The van der Waals surface area contributed by atoms with E-state index in [1.807, 2.05) is 0 Å². The van der Waals surface area contributed by atoms with E-state index in [1.54, 1.807) is 19.5 Å². The summed E-state index contributed by atoms with van der Waals surface area (Å²) in [5.41, 5.74) is 0. The van der Waals surface area contributed by atoms with E-state index in [-0.39, 0.29) is 0 Å². The first-order valence-corrected chi connectivity index (χ1v) is 6.67. The van der Waals surface area contributed by atoms with Gasteiger partial charge in [-0.05, 0) is 25.8 Å². The fourth-order valence-corrected chi connectivity index (χ4v) is 2.38. The van der Waals surface area contributed by atoms with Crippen LogP contribution in [-0.2, 0) is 0 Å². The zero-order chi connectivity index (χ0) is 12.8. The normalized spacial score (nSPS) is 17.7. The molecule has 18 heavy (non-hydrogen) atoms. The maximum Gasteiger partial charge on any atom is 0.257 e. The van der Waals surface area contributed by atoms with Crippen LogP contribution in [0.4, 0.5) is 5.82 Å². The number of rotatable bonds is 5. The van der Waals surface area contributed by atoms with Crippen molar-refractivity contribution in [3.63, 3.8) is 0 Å². The zero-order valence-electron chi connectivity index (χ0n) is 11.2. The Morgan fingerprint density at radius 1 is 1.33 bits per heavy atom. The van der Waals surface area contributed by atoms with Crippen molar-refractivity contribution < 1.29 is 4.74 Å². The molecule has 1 aromatic heterocycles. The summed E-state index contributed by atoms with van der Waals surface area (Å²) in [5.74, 6) is 1.34. The molecule has 0 saturated carbocycles. The van der Waals surface area contributed by atoms with Crippen molar-refractivity contribution in [2.75, 3.05) is 32.1 Å². The highest BCUT2D eigenvalue weighted by Crippen LogP contribution is 2.21. The third kappa shape index (κ3) is 3.32. The fraction of sp³-hybridized carbons (Fsp3) is 0.692. The summed E-state index contributed by atoms with van der Waals surface area (Å²) in [5, 5.41) is 3.44. The second-order valence-corrected chi connectivity index (χ2v) is 4.67. The topological polar surface area (TPSA) is 50.3 Å². The van der Waals surface area contributed by atoms with Gasteiger partial charge in [-0.2, -0.15) is 0 Å². The highest BCUT2D eigenvalue weighted by atomic mass is 16.5. The van der Waals surface area contributed by atoms with Gasteiger partial charge in [-0.25, -0.2) is 9.97 Å². The third-order valence-electron chi connectivity index (χ3n) is 3.33. The highest BCUT2D eigenvalue weighted by molar-refractivity contribution is 5.45. The summed E-state index contributed by atoms with van der Waals surface area (Å²) in [6.45, 7) is 5.76. The molecule has 0 radical (unpaired) electrons. The van der Waals surface area contributed by atoms with E-state index in [1.165, 1.54) is 13.0 Å². The maximum atomic E-state index is 5.20. The van der Waals surface area contributed by atoms with Gasteiger partial charge in [-0.3, -0.25) is 0 Å². The molecule has 100 valence electrons. The van der Waals surface area contributed by atoms with Crippen molar-refractivity contribution in [1.29, 1.82) is 0 Å². The molecule has 1 fully saturated rings. The number of piperidine rings is 1. The summed E-state index contributed by atoms with van der Waals surface area (Å²) < 4.78 is 5.20. The molecule has 1 aliphatic rings. The van der Waals surface area contributed by atoms with E-state index in [2.05, 4.69) is 27.1 Å². The number of aromatic nitrogens is 2. The van der Waals surface area contributed by atoms with Crippen LogP contribution < -0.4 is 10.1 Å². The number of ether oxygens (including phenoxy) is 1. The van der Waals surface area contributed by atoms with Gasteiger partial charge >= 0.3 is 0 Å². The van der Waals surface area contributed by atoms with Crippen LogP contribution in [0.5, 0.6) is 5.88 Å². The van der Waals surface area contributed by atoms with Crippen LogP contribution in [0.1, 0.15) is 26.2 Å². The molecule has 0 atom stereocenters. The molecule has 2 heterocycles. The number of hydrogen-bond acceptors (Lipinski definition) is 5. The molecule has 0 bridgehead atoms. The molecule has 1 N–H and O–H groups in total. The minimum absolute atomic E-state index is 0.476. The van der Waals surface area contributed by atoms with Crippen LogP contribution in [0.3, 0.4) is 0 Å². The van der Waals surface area contributed by atoms with Crippen molar-refractivity contribution in [2.45, 2.75) is 32.2 Å². The molecule has 1 aromatic rings. The Hall–Kier alpha value is -1.36. The Bertz CT molecular complexity index is 364. The Kier molecular flexibility index (Phi) is 4.75. The van der Waals surface area contributed by atoms with Gasteiger partial charge in [0.25, 0.3) is 5.88 Å². The standard InChI is InChI=1S/C13H22N4O/c1-3-8-17-9-4-11(5-10-17)16-12-13(18-2)15-7-6-14-12/h6-7,11H,3-5,8-10H2,1-2H3,(H,14,16). The lowest BCUT2D eigenvalue weighted by molar-refractivity contribution is 0.219. The van der Waals surface area contributed by atoms with E-state index < -0.39 is 0 Å². The average Bonchev–Trinajstić information content (AvgIpc) is 2.42. The van der Waals surface area contributed by atoms with Gasteiger partial charge in [0.05, 0.1) is 7.11 Å². The lowest BCUT2D eigenvalue weighted by atomic mass is 10.0. The minimum atomic E-state index is 0.476. The quantitative estimate of drug-likeness (QED) is 0.863. The van der Waals surface area contributed by atoms with Gasteiger partial charge in [-0.1, -0.05) is 6.92 Å². The summed E-state index contributed by atoms with van der Waals surface area (Å²) in [6, 6.07) is 0.476. The van der Waals surface area contributed by atoms with Crippen molar-refractivity contribution >= 4 is 5.82 Å². The highest BCUT2D eigenvalue weighted by Gasteiger charge is 2.19. The van der Waals surface area contributed by atoms with Crippen molar-refractivity contribution in [3.05, 3.63) is 12.4 Å². The van der Waals surface area contributed by atoms with E-state index in [9.17, 15) is 0 Å². The van der Waals surface area contributed by atoms with Crippen molar-refractivity contribution in [2.24, 2.45) is 0 Å². The minimum Gasteiger partial charge on any atom is -0.478 e. The van der Waals surface area contributed by atoms with E-state index in [0.717, 1.165) is 31.7 Å². The Morgan fingerprint density at radius 3 is 2.72 bits per heavy atom. The van der Waals surface area contributed by atoms with Gasteiger partial charge in [0, 0.05) is 31.5 Å². The predicted octanol–water partition coefficient (Wildman–Crippen LogP) is 1.77. The first-order valence-electron chi connectivity index (χ1n) is 6.67. The summed E-state index contributed by atoms with van der Waals surface area (Å²) in [6.07, 6.45) is 6.88. The third-order valence-corrected chi connectivity index (χ3v) is 3.33. The maximum absolute atomic E-state index is 5.20. The Balaban J connectivity index is 1.87. The molecule has 1 aliphatic heterocycles. The lowest BCUT2D eigenvalue weighted by Gasteiger charge is -2.32. The van der Waals surface area contributed by atoms with Gasteiger partial charge in [0.2, 0.25) is 0 Å². The van der Waals surface area contributed by atoms with Crippen LogP contribution in [0.15, 0.2) is 12.4 Å². The Morgan fingerprint density at radius 2 is 2.06 bits per heavy atom. The number of nitrogens with zero attached hydrogens (tertiary/aromatic N) is 3. The molecule has 0 aromatic carbocycles. The molecule has 5 heteroatoms. The lowest BCUT2D eigenvalue weighted by Crippen LogP contribution is -2.39. The summed E-state index contributed by atoms with van der Waals surface area (Å²) >= 11 is 0. The van der Waals surface area contributed by atoms with Gasteiger partial charge in [0.15, 0.2) is 5.82 Å². The van der Waals surface area contributed by atoms with E-state index in [0.29, 0.717) is 11.9 Å². The van der Waals surface area contributed by atoms with Crippen molar-refractivity contribution in [1.82, 2.24) is 14.9 Å². The van der Waals surface area contributed by atoms with Gasteiger partial charge < -0.3 is 15.0 Å². The molecule has 2 rings (SSSR count). The second-order valence-electron chi connectivity index (χ2n) is 4.67. The van der Waals surface area contributed by atoms with Gasteiger partial charge in [-0.15, -0.1) is 0 Å². The molecular formula is C13H22N4O. The smallest absolute Gasteiger partial charge is 0.257 e. The number of hydrogen-bond donors (Lipinski definition) is 1. The van der Waals surface area contributed by atoms with Gasteiger partial charge in [0.1, 0.15) is 0 Å². The number of nitrogens with one attached hydrogen (secondary N) is 1. The second kappa shape index (κ2) is 6.54. The Labute approximate surface area is 109 Å². The molecule has 0 spiro atoms. The number of anilines is 1. The summed E-state index contributed by atoms with van der Waals surface area (Å²) in [7, 11) is 1.62. The van der Waals surface area contributed by atoms with Crippen LogP contribution in [0, 0.1) is 0 Å². The van der Waals surface area contributed by atoms with E-state index >= 15 is 0 Å². The summed E-state index contributed by atoms with van der Waals surface area (Å²) in [4.78, 5) is 11.0. The van der Waals surface area contributed by atoms with Crippen molar-refractivity contribution in [3.8, 4) is 5.88 Å². The molecule has 0 amide bonds. The fourth-order valence-electron chi connectivity index (χ4n) is 2.38. The van der Waals surface area contributed by atoms with Crippen LogP contribution in [0.25, 0.3) is 0 Å². The predicted molar refractivity (Wildman–Crippen MR) is 72.0 cm³/mol. The molecule has 1 saturated heterocycles. The first-order chi connectivity index (χ1) is 8.83. The van der Waals surface area contributed by atoms with Crippen LogP contribution in [-0.4, -0.2) is 47.7 Å². The SMILES string of the molecule is CCCN1CCC(Nc2nccnc2OC)CC1. The molecular weight excluding hydrogens is 228 g/mol. The molecule has 0 unspecified atom stereocenters. The monoisotopic (exact) mass is 250 g/mol. The van der Waals surface area contributed by atoms with E-state index in [4.69, 9.17) is 4.74 Å². The largest absolute Gasteiger partial charge is 0.478 e. The number of methoxy groups -OCH3 is 1. The molecule has 5 nitrogen and oxygen atoms in total. The molecule has 0 aliphatic carbocycles. The zero-order valence-corrected chi connectivity index (χ0v) is 11.2. The number of likely N-dealkylation sites (tertiary alicyclic amines) is 1. The average molecular weight is 250 g/mol. The van der Waals surface area contributed by atoms with Crippen LogP contribution in [0.2, 0.25) is 0 Å².